The van der Waals surface area contributed by atoms with E-state index in [1.807, 2.05) is 45.6 Å². The fourth-order valence-electron chi connectivity index (χ4n) is 3.12. The molecule has 0 spiro atoms. The number of nitrogens with zero attached hydrogens (tertiary/aromatic N) is 1. The van der Waals surface area contributed by atoms with Crippen LogP contribution in [0.3, 0.4) is 0 Å². The van der Waals surface area contributed by atoms with Crippen molar-refractivity contribution < 1.29 is 29.6 Å². The van der Waals surface area contributed by atoms with Crippen molar-refractivity contribution in [2.45, 2.75) is 79.2 Å². The lowest BCUT2D eigenvalue weighted by Gasteiger charge is -2.33. The Hall–Kier alpha value is -1.86. The van der Waals surface area contributed by atoms with Gasteiger partial charge in [-0.2, -0.15) is 0 Å². The van der Waals surface area contributed by atoms with Gasteiger partial charge in [0.05, 0.1) is 6.61 Å². The molecule has 1 aliphatic heterocycles. The molecule has 30 heavy (non-hydrogen) atoms. The number of piperidine rings is 1. The van der Waals surface area contributed by atoms with Crippen molar-refractivity contribution >= 4 is 6.09 Å². The molecule has 1 heterocycles. The fraction of sp³-hybridized carbons (Fsp3) is 0.696. The lowest BCUT2D eigenvalue weighted by Crippen LogP contribution is -2.41. The zero-order valence-corrected chi connectivity index (χ0v) is 19.5. The molecule has 4 N–H and O–H groups in total. The zero-order chi connectivity index (χ0) is 21.2. The number of hydrogen-bond acceptors (Lipinski definition) is 3. The average molecular weight is 432 g/mol. The van der Waals surface area contributed by atoms with E-state index in [0.29, 0.717) is 23.8 Å². The van der Waals surface area contributed by atoms with Crippen LogP contribution in [0.1, 0.15) is 72.3 Å². The van der Waals surface area contributed by atoms with Crippen LogP contribution >= 0.6 is 0 Å². The van der Waals surface area contributed by atoms with Crippen LogP contribution in [0.5, 0.6) is 5.75 Å². The predicted molar refractivity (Wildman–Crippen MR) is 120 cm³/mol. The van der Waals surface area contributed by atoms with Gasteiger partial charge in [-0.05, 0) is 70.9 Å². The Balaban J connectivity index is 0. The highest BCUT2D eigenvalue weighted by Gasteiger charge is 2.26. The molecule has 0 aliphatic carbocycles. The summed E-state index contributed by atoms with van der Waals surface area (Å²) < 4.78 is 24.5. The molecule has 6 nitrogen and oxygen atoms in total. The van der Waals surface area contributed by atoms with Crippen LogP contribution in [-0.4, -0.2) is 47.2 Å². The number of carbonyl (C=O) groups is 1. The molecule has 1 fully saturated rings. The first-order chi connectivity index (χ1) is 13.2. The smallest absolute Gasteiger partial charge is 0.410 e. The lowest BCUT2D eigenvalue weighted by molar-refractivity contribution is 0.0180. The van der Waals surface area contributed by atoms with Gasteiger partial charge in [0.15, 0.2) is 0 Å². The van der Waals surface area contributed by atoms with Crippen molar-refractivity contribution in [2.75, 3.05) is 19.7 Å². The van der Waals surface area contributed by atoms with E-state index in [2.05, 4.69) is 0 Å². The highest BCUT2D eigenvalue weighted by molar-refractivity contribution is 5.68. The Kier molecular flexibility index (Phi) is 15.2. The summed E-state index contributed by atoms with van der Waals surface area (Å²) in [5, 5.41) is 0. The van der Waals surface area contributed by atoms with Crippen LogP contribution in [-0.2, 0) is 4.74 Å². The third-order valence-electron chi connectivity index (χ3n) is 4.68. The number of rotatable bonds is 6. The van der Waals surface area contributed by atoms with Crippen molar-refractivity contribution in [3.63, 3.8) is 0 Å². The van der Waals surface area contributed by atoms with Gasteiger partial charge >= 0.3 is 6.09 Å². The van der Waals surface area contributed by atoms with Gasteiger partial charge in [0.1, 0.15) is 17.2 Å². The number of ether oxygens (including phenoxy) is 2. The second-order valence-electron chi connectivity index (χ2n) is 8.17. The second-order valence-corrected chi connectivity index (χ2v) is 8.17. The van der Waals surface area contributed by atoms with Crippen LogP contribution in [0.4, 0.5) is 9.18 Å². The molecule has 1 aromatic rings. The lowest BCUT2D eigenvalue weighted by atomic mass is 9.92. The van der Waals surface area contributed by atoms with E-state index in [1.54, 1.807) is 13.0 Å². The van der Waals surface area contributed by atoms with Crippen molar-refractivity contribution in [3.8, 4) is 5.75 Å². The molecular weight excluding hydrogens is 389 g/mol. The average Bonchev–Trinajstić information content (AvgIpc) is 2.65. The van der Waals surface area contributed by atoms with E-state index in [4.69, 9.17) is 9.47 Å². The topological polar surface area (TPSA) is 102 Å². The summed E-state index contributed by atoms with van der Waals surface area (Å²) in [5.74, 6) is 1.03. The molecule has 1 aromatic carbocycles. The molecule has 0 unspecified atom stereocenters. The molecule has 0 radical (unpaired) electrons. The normalized spacial score (nSPS) is 13.9. The summed E-state index contributed by atoms with van der Waals surface area (Å²) >= 11 is 0. The number of unbranched alkanes of at least 4 members (excludes halogenated alkanes) is 1. The molecule has 7 heteroatoms. The molecule has 0 saturated carbocycles. The SMILES string of the molecule is CC.Cc1ccc(OCCCCC2CCN(C(=O)OC(C)(C)C)CC2)cc1F.O.O. The van der Waals surface area contributed by atoms with E-state index in [0.717, 1.165) is 45.2 Å². The first kappa shape index (κ1) is 30.3. The Morgan fingerprint density at radius 2 is 1.73 bits per heavy atom. The third-order valence-corrected chi connectivity index (χ3v) is 4.68. The van der Waals surface area contributed by atoms with Crippen LogP contribution in [0.25, 0.3) is 0 Å². The van der Waals surface area contributed by atoms with Gasteiger partial charge in [0.2, 0.25) is 0 Å². The van der Waals surface area contributed by atoms with Gasteiger partial charge in [-0.25, -0.2) is 9.18 Å². The zero-order valence-electron chi connectivity index (χ0n) is 19.5. The van der Waals surface area contributed by atoms with Crippen LogP contribution in [0, 0.1) is 18.7 Å². The van der Waals surface area contributed by atoms with E-state index in [1.165, 1.54) is 6.07 Å². The van der Waals surface area contributed by atoms with Crippen LogP contribution in [0.2, 0.25) is 0 Å². The Labute approximate surface area is 181 Å². The molecule has 0 atom stereocenters. The van der Waals surface area contributed by atoms with E-state index in [-0.39, 0.29) is 22.9 Å². The van der Waals surface area contributed by atoms with Gasteiger partial charge < -0.3 is 25.3 Å². The molecular formula is C23H42FNO5. The van der Waals surface area contributed by atoms with E-state index >= 15 is 0 Å². The third kappa shape index (κ3) is 11.4. The largest absolute Gasteiger partial charge is 0.493 e. The second kappa shape index (κ2) is 15.0. The van der Waals surface area contributed by atoms with Gasteiger partial charge in [0.25, 0.3) is 0 Å². The summed E-state index contributed by atoms with van der Waals surface area (Å²) in [6.07, 6.45) is 5.06. The van der Waals surface area contributed by atoms with Gasteiger partial charge in [-0.15, -0.1) is 0 Å². The number of halogens is 1. The van der Waals surface area contributed by atoms with E-state index in [9.17, 15) is 9.18 Å². The Morgan fingerprint density at radius 3 is 2.27 bits per heavy atom. The molecule has 1 aliphatic rings. The molecule has 0 bridgehead atoms. The molecule has 2 rings (SSSR count). The van der Waals surface area contributed by atoms with Crippen molar-refractivity contribution in [1.29, 1.82) is 0 Å². The number of benzene rings is 1. The fourth-order valence-corrected chi connectivity index (χ4v) is 3.12. The first-order valence-electron chi connectivity index (χ1n) is 10.6. The maximum Gasteiger partial charge on any atom is 0.410 e. The predicted octanol–water partition coefficient (Wildman–Crippen LogP) is 4.71. The first-order valence-corrected chi connectivity index (χ1v) is 10.6. The van der Waals surface area contributed by atoms with E-state index < -0.39 is 5.60 Å². The molecule has 1 amide bonds. The minimum Gasteiger partial charge on any atom is -0.493 e. The summed E-state index contributed by atoms with van der Waals surface area (Å²) in [5.41, 5.74) is 0.198. The monoisotopic (exact) mass is 431 g/mol. The summed E-state index contributed by atoms with van der Waals surface area (Å²) in [6.45, 7) is 13.6. The van der Waals surface area contributed by atoms with Crippen LogP contribution in [0.15, 0.2) is 18.2 Å². The number of aryl methyl sites for hydroxylation is 1. The maximum atomic E-state index is 13.5. The Bertz CT molecular complexity index is 596. The van der Waals surface area contributed by atoms with Gasteiger partial charge in [0, 0.05) is 19.2 Å². The number of amides is 1. The molecule has 176 valence electrons. The molecule has 1 saturated heterocycles. The van der Waals surface area contributed by atoms with Crippen molar-refractivity contribution in [2.24, 2.45) is 5.92 Å². The van der Waals surface area contributed by atoms with Crippen molar-refractivity contribution in [3.05, 3.63) is 29.6 Å². The standard InChI is InChI=1S/C21H32FNO3.C2H6.2H2O/c1-16-8-9-18(15-19(16)22)25-14-6-5-7-17-10-12-23(13-11-17)20(24)26-21(2,3)4;1-2;;/h8-9,15,17H,5-7,10-14H2,1-4H3;1-2H3;2*1H2. The summed E-state index contributed by atoms with van der Waals surface area (Å²) in [7, 11) is 0. The molecule has 0 aromatic heterocycles. The highest BCUT2D eigenvalue weighted by Crippen LogP contribution is 2.24. The van der Waals surface area contributed by atoms with Gasteiger partial charge in [-0.1, -0.05) is 26.3 Å². The summed E-state index contributed by atoms with van der Waals surface area (Å²) in [6, 6.07) is 5.00. The minimum absolute atomic E-state index is 0. The quantitative estimate of drug-likeness (QED) is 0.610. The van der Waals surface area contributed by atoms with Crippen LogP contribution < -0.4 is 4.74 Å². The maximum absolute atomic E-state index is 13.5. The summed E-state index contributed by atoms with van der Waals surface area (Å²) in [4.78, 5) is 13.9. The Morgan fingerprint density at radius 1 is 1.13 bits per heavy atom. The highest BCUT2D eigenvalue weighted by atomic mass is 19.1. The van der Waals surface area contributed by atoms with Crippen molar-refractivity contribution in [1.82, 2.24) is 4.90 Å². The number of hydrogen-bond donors (Lipinski definition) is 0. The number of likely N-dealkylation sites (tertiary alicyclic amines) is 1. The van der Waals surface area contributed by atoms with Gasteiger partial charge in [-0.3, -0.25) is 0 Å². The number of carbonyl (C=O) groups excluding carboxylic acids is 1. The minimum atomic E-state index is -0.436.